The van der Waals surface area contributed by atoms with Gasteiger partial charge in [0.25, 0.3) is 0 Å². The number of hydrogen-bond donors (Lipinski definition) is 0. The summed E-state index contributed by atoms with van der Waals surface area (Å²) in [6, 6.07) is 4.09. The molecule has 0 unspecified atom stereocenters. The summed E-state index contributed by atoms with van der Waals surface area (Å²) in [7, 11) is 1.88. The van der Waals surface area contributed by atoms with Gasteiger partial charge in [0, 0.05) is 49.7 Å². The van der Waals surface area contributed by atoms with E-state index in [0.29, 0.717) is 13.1 Å². The fourth-order valence-corrected chi connectivity index (χ4v) is 3.96. The van der Waals surface area contributed by atoms with Gasteiger partial charge in [-0.25, -0.2) is 4.98 Å². The smallest absolute Gasteiger partial charge is 0.236 e. The van der Waals surface area contributed by atoms with Gasteiger partial charge in [-0.1, -0.05) is 6.07 Å². The molecule has 1 aliphatic rings. The third-order valence-corrected chi connectivity index (χ3v) is 5.51. The minimum atomic E-state index is 0.191. The van der Waals surface area contributed by atoms with Gasteiger partial charge >= 0.3 is 0 Å². The highest BCUT2D eigenvalue weighted by Gasteiger charge is 2.21. The van der Waals surface area contributed by atoms with E-state index < -0.39 is 0 Å². The summed E-state index contributed by atoms with van der Waals surface area (Å²) in [5.41, 5.74) is 0. The molecule has 0 spiro atoms. The van der Waals surface area contributed by atoms with Gasteiger partial charge in [-0.3, -0.25) is 9.69 Å². The third kappa shape index (κ3) is 3.85. The summed E-state index contributed by atoms with van der Waals surface area (Å²) in [6.45, 7) is 4.92. The van der Waals surface area contributed by atoms with Gasteiger partial charge in [0.15, 0.2) is 5.13 Å². The maximum atomic E-state index is 12.3. The van der Waals surface area contributed by atoms with Crippen molar-refractivity contribution in [3.05, 3.63) is 34.0 Å². The van der Waals surface area contributed by atoms with Crippen molar-refractivity contribution in [1.82, 2.24) is 14.8 Å². The van der Waals surface area contributed by atoms with Crippen LogP contribution in [0.4, 0.5) is 5.13 Å². The quantitative estimate of drug-likeness (QED) is 0.837. The molecule has 0 aromatic carbocycles. The van der Waals surface area contributed by atoms with Gasteiger partial charge in [0.2, 0.25) is 5.91 Å². The van der Waals surface area contributed by atoms with Crippen LogP contribution >= 0.6 is 22.7 Å². The average molecular weight is 336 g/mol. The number of amides is 1. The molecule has 2 aromatic heterocycles. The van der Waals surface area contributed by atoms with Crippen molar-refractivity contribution >= 4 is 33.7 Å². The molecule has 1 amide bonds. The van der Waals surface area contributed by atoms with Crippen LogP contribution in [0.3, 0.4) is 0 Å². The monoisotopic (exact) mass is 336 g/mol. The first-order valence-corrected chi connectivity index (χ1v) is 9.11. The first-order chi connectivity index (χ1) is 10.7. The molecule has 1 fully saturated rings. The molecule has 1 saturated heterocycles. The maximum Gasteiger partial charge on any atom is 0.236 e. The van der Waals surface area contributed by atoms with E-state index in [2.05, 4.69) is 20.9 Å². The summed E-state index contributed by atoms with van der Waals surface area (Å²) in [6.07, 6.45) is 1.84. The SMILES string of the molecule is CN(Cc1cccs1)C(=O)CN1CCN(c2nccs2)CC1. The van der Waals surface area contributed by atoms with Gasteiger partial charge < -0.3 is 9.80 Å². The van der Waals surface area contributed by atoms with Gasteiger partial charge in [0.05, 0.1) is 13.1 Å². The molecule has 0 aliphatic carbocycles. The van der Waals surface area contributed by atoms with Crippen molar-refractivity contribution in [2.24, 2.45) is 0 Å². The van der Waals surface area contributed by atoms with Crippen molar-refractivity contribution in [2.45, 2.75) is 6.54 Å². The summed E-state index contributed by atoms with van der Waals surface area (Å²) in [5.74, 6) is 0.191. The van der Waals surface area contributed by atoms with Gasteiger partial charge in [-0.15, -0.1) is 22.7 Å². The molecule has 118 valence electrons. The van der Waals surface area contributed by atoms with Crippen molar-refractivity contribution in [3.8, 4) is 0 Å². The number of nitrogens with zero attached hydrogens (tertiary/aromatic N) is 4. The number of rotatable bonds is 5. The third-order valence-electron chi connectivity index (χ3n) is 3.82. The van der Waals surface area contributed by atoms with E-state index >= 15 is 0 Å². The summed E-state index contributed by atoms with van der Waals surface area (Å²) in [5, 5.41) is 5.14. The van der Waals surface area contributed by atoms with Gasteiger partial charge in [0.1, 0.15) is 0 Å². The Bertz CT molecular complexity index is 577. The first-order valence-electron chi connectivity index (χ1n) is 7.35. The van der Waals surface area contributed by atoms with Crippen LogP contribution in [0.25, 0.3) is 0 Å². The summed E-state index contributed by atoms with van der Waals surface area (Å²) < 4.78 is 0. The number of thiophene rings is 1. The number of carbonyl (C=O) groups is 1. The summed E-state index contributed by atoms with van der Waals surface area (Å²) in [4.78, 5) is 24.2. The second-order valence-electron chi connectivity index (χ2n) is 5.41. The second-order valence-corrected chi connectivity index (χ2v) is 7.31. The van der Waals surface area contributed by atoms with E-state index in [1.54, 1.807) is 22.7 Å². The van der Waals surface area contributed by atoms with Crippen LogP contribution in [0, 0.1) is 0 Å². The van der Waals surface area contributed by atoms with Crippen molar-refractivity contribution < 1.29 is 4.79 Å². The Morgan fingerprint density at radius 2 is 2.09 bits per heavy atom. The molecule has 0 saturated carbocycles. The lowest BCUT2D eigenvalue weighted by molar-refractivity contribution is -0.131. The normalized spacial score (nSPS) is 16.0. The van der Waals surface area contributed by atoms with Gasteiger partial charge in [-0.05, 0) is 11.4 Å². The molecule has 0 N–H and O–H groups in total. The Balaban J connectivity index is 1.45. The lowest BCUT2D eigenvalue weighted by Gasteiger charge is -2.34. The van der Waals surface area contributed by atoms with E-state index in [-0.39, 0.29) is 5.91 Å². The second kappa shape index (κ2) is 7.21. The lowest BCUT2D eigenvalue weighted by atomic mass is 10.3. The Kier molecular flexibility index (Phi) is 5.07. The minimum absolute atomic E-state index is 0.191. The topological polar surface area (TPSA) is 39.7 Å². The molecule has 0 atom stereocenters. The zero-order chi connectivity index (χ0) is 15.4. The first kappa shape index (κ1) is 15.5. The maximum absolute atomic E-state index is 12.3. The molecule has 3 rings (SSSR count). The van der Waals surface area contributed by atoms with Crippen LogP contribution in [0.1, 0.15) is 4.88 Å². The van der Waals surface area contributed by atoms with Crippen LogP contribution < -0.4 is 4.90 Å². The molecule has 1 aliphatic heterocycles. The van der Waals surface area contributed by atoms with Crippen LogP contribution in [0.5, 0.6) is 0 Å². The number of anilines is 1. The average Bonchev–Trinajstić information content (AvgIpc) is 3.21. The molecule has 5 nitrogen and oxygen atoms in total. The molecule has 0 radical (unpaired) electrons. The zero-order valence-corrected chi connectivity index (χ0v) is 14.3. The Morgan fingerprint density at radius 3 is 2.73 bits per heavy atom. The number of piperazine rings is 1. The molecule has 0 bridgehead atoms. The van der Waals surface area contributed by atoms with E-state index in [1.165, 1.54) is 4.88 Å². The Labute approximate surface area is 138 Å². The Morgan fingerprint density at radius 1 is 1.27 bits per heavy atom. The number of thiazole rings is 1. The highest BCUT2D eigenvalue weighted by molar-refractivity contribution is 7.13. The fraction of sp³-hybridized carbons (Fsp3) is 0.467. The van der Waals surface area contributed by atoms with Crippen molar-refractivity contribution in [2.75, 3.05) is 44.7 Å². The van der Waals surface area contributed by atoms with Crippen LogP contribution in [0.2, 0.25) is 0 Å². The number of hydrogen-bond acceptors (Lipinski definition) is 6. The van der Waals surface area contributed by atoms with Crippen molar-refractivity contribution in [1.29, 1.82) is 0 Å². The number of carbonyl (C=O) groups excluding carboxylic acids is 1. The molecule has 7 heteroatoms. The predicted octanol–water partition coefficient (Wildman–Crippen LogP) is 1.99. The molecular weight excluding hydrogens is 316 g/mol. The van der Waals surface area contributed by atoms with E-state index in [0.717, 1.165) is 31.3 Å². The van der Waals surface area contributed by atoms with E-state index in [9.17, 15) is 4.79 Å². The highest BCUT2D eigenvalue weighted by Crippen LogP contribution is 2.19. The van der Waals surface area contributed by atoms with Crippen molar-refractivity contribution in [3.63, 3.8) is 0 Å². The van der Waals surface area contributed by atoms with Crippen LogP contribution in [-0.2, 0) is 11.3 Å². The predicted molar refractivity (Wildman–Crippen MR) is 91.6 cm³/mol. The van der Waals surface area contributed by atoms with E-state index in [4.69, 9.17) is 0 Å². The van der Waals surface area contributed by atoms with Crippen LogP contribution in [0.15, 0.2) is 29.1 Å². The zero-order valence-electron chi connectivity index (χ0n) is 12.6. The summed E-state index contributed by atoms with van der Waals surface area (Å²) >= 11 is 3.37. The number of likely N-dealkylation sites (N-methyl/N-ethyl adjacent to an activating group) is 1. The lowest BCUT2D eigenvalue weighted by Crippen LogP contribution is -2.49. The largest absolute Gasteiger partial charge is 0.346 e. The minimum Gasteiger partial charge on any atom is -0.346 e. The molecule has 2 aromatic rings. The standard InChI is InChI=1S/C15H20N4OS2/c1-17(11-13-3-2-9-21-13)14(20)12-18-5-7-19(8-6-18)15-16-4-10-22-15/h2-4,9-10H,5-8,11-12H2,1H3. The van der Waals surface area contributed by atoms with E-state index in [1.807, 2.05) is 35.0 Å². The van der Waals surface area contributed by atoms with Crippen LogP contribution in [-0.4, -0.2) is 60.5 Å². The van der Waals surface area contributed by atoms with Gasteiger partial charge in [-0.2, -0.15) is 0 Å². The molecule has 3 heterocycles. The number of aromatic nitrogens is 1. The fourth-order valence-electron chi connectivity index (χ4n) is 2.51. The molecule has 22 heavy (non-hydrogen) atoms. The Hall–Kier alpha value is -1.44. The molecular formula is C15H20N4OS2. The highest BCUT2D eigenvalue weighted by atomic mass is 32.1.